The van der Waals surface area contributed by atoms with E-state index in [1.165, 1.54) is 69.8 Å². The Balaban J connectivity index is 2.04. The molecule has 0 bridgehead atoms. The predicted molar refractivity (Wildman–Crippen MR) is 96.6 cm³/mol. The Bertz CT molecular complexity index is 349. The quantitative estimate of drug-likeness (QED) is 0.313. The van der Waals surface area contributed by atoms with Crippen molar-refractivity contribution in [2.24, 2.45) is 17.8 Å². The first-order valence-corrected chi connectivity index (χ1v) is 9.77. The summed E-state index contributed by atoms with van der Waals surface area (Å²) in [5.41, 5.74) is 1.28. The molecule has 0 aromatic carbocycles. The molecule has 22 heavy (non-hydrogen) atoms. The van der Waals surface area contributed by atoms with E-state index < -0.39 is 0 Å². The van der Waals surface area contributed by atoms with Crippen LogP contribution in [0, 0.1) is 29.1 Å². The zero-order valence-electron chi connectivity index (χ0n) is 15.2. The van der Waals surface area contributed by atoms with Crippen LogP contribution in [0.2, 0.25) is 0 Å². The summed E-state index contributed by atoms with van der Waals surface area (Å²) in [5, 5.41) is 9.04. The third-order valence-corrected chi connectivity index (χ3v) is 5.62. The molecule has 1 saturated carbocycles. The van der Waals surface area contributed by atoms with Crippen LogP contribution in [0.5, 0.6) is 0 Å². The summed E-state index contributed by atoms with van der Waals surface area (Å²) in [5.74, 6) is 2.19. The number of unbranched alkanes of at least 4 members (excludes halogenated alkanes) is 4. The lowest BCUT2D eigenvalue weighted by atomic mass is 9.78. The molecule has 1 aliphatic rings. The van der Waals surface area contributed by atoms with Crippen LogP contribution in [0.15, 0.2) is 11.6 Å². The molecule has 1 rings (SSSR count). The van der Waals surface area contributed by atoms with Gasteiger partial charge >= 0.3 is 0 Å². The fourth-order valence-electron chi connectivity index (χ4n) is 3.95. The Labute approximate surface area is 139 Å². The molecular formula is C21H37N. The van der Waals surface area contributed by atoms with Crippen LogP contribution in [-0.2, 0) is 0 Å². The fraction of sp³-hybridized carbons (Fsp3) is 0.857. The third kappa shape index (κ3) is 7.48. The predicted octanol–water partition coefficient (Wildman–Crippen LogP) is 7.04. The molecule has 0 saturated heterocycles. The summed E-state index contributed by atoms with van der Waals surface area (Å²) < 4.78 is 0. The Morgan fingerprint density at radius 1 is 1.14 bits per heavy atom. The molecule has 1 nitrogen and oxygen atoms in total. The van der Waals surface area contributed by atoms with E-state index in [0.29, 0.717) is 0 Å². The smallest absolute Gasteiger partial charge is 0.0700 e. The maximum absolute atomic E-state index is 9.04. The van der Waals surface area contributed by atoms with Crippen LogP contribution in [0.25, 0.3) is 0 Å². The summed E-state index contributed by atoms with van der Waals surface area (Å²) in [6.45, 7) is 6.57. The van der Waals surface area contributed by atoms with Crippen molar-refractivity contribution in [2.75, 3.05) is 0 Å². The van der Waals surface area contributed by atoms with Gasteiger partial charge in [0.15, 0.2) is 0 Å². The van der Waals surface area contributed by atoms with E-state index in [2.05, 4.69) is 32.9 Å². The van der Waals surface area contributed by atoms with E-state index in [-0.39, 0.29) is 5.92 Å². The Hall–Kier alpha value is -0.770. The minimum absolute atomic E-state index is 0.137. The average Bonchev–Trinajstić information content (AvgIpc) is 2.55. The van der Waals surface area contributed by atoms with Crippen molar-refractivity contribution in [3.63, 3.8) is 0 Å². The SMILES string of the molecule is CCC1CCCC(CCCCCC/C=C(\C)C(C#N)CC)C1. The van der Waals surface area contributed by atoms with Gasteiger partial charge in [-0.15, -0.1) is 0 Å². The van der Waals surface area contributed by atoms with Crippen LogP contribution in [-0.4, -0.2) is 0 Å². The molecule has 0 aromatic rings. The first kappa shape index (κ1) is 19.3. The van der Waals surface area contributed by atoms with Gasteiger partial charge in [-0.05, 0) is 44.4 Å². The van der Waals surface area contributed by atoms with E-state index in [0.717, 1.165) is 24.7 Å². The van der Waals surface area contributed by atoms with Crippen molar-refractivity contribution < 1.29 is 0 Å². The van der Waals surface area contributed by atoms with Gasteiger partial charge in [0.2, 0.25) is 0 Å². The first-order valence-electron chi connectivity index (χ1n) is 9.77. The highest BCUT2D eigenvalue weighted by atomic mass is 14.3. The van der Waals surface area contributed by atoms with Crippen LogP contribution in [0.1, 0.15) is 97.8 Å². The van der Waals surface area contributed by atoms with E-state index >= 15 is 0 Å². The van der Waals surface area contributed by atoms with E-state index in [9.17, 15) is 0 Å². The molecule has 3 unspecified atom stereocenters. The lowest BCUT2D eigenvalue weighted by molar-refractivity contribution is 0.244. The largest absolute Gasteiger partial charge is 0.198 e. The number of allylic oxidation sites excluding steroid dienone is 2. The second kappa shape index (κ2) is 11.8. The molecule has 0 aliphatic heterocycles. The van der Waals surface area contributed by atoms with E-state index in [1.807, 2.05) is 0 Å². The highest BCUT2D eigenvalue weighted by Gasteiger charge is 2.19. The van der Waals surface area contributed by atoms with Crippen molar-refractivity contribution in [2.45, 2.75) is 97.8 Å². The summed E-state index contributed by atoms with van der Waals surface area (Å²) in [7, 11) is 0. The molecule has 0 amide bonds. The van der Waals surface area contributed by atoms with E-state index in [1.54, 1.807) is 0 Å². The minimum Gasteiger partial charge on any atom is -0.198 e. The van der Waals surface area contributed by atoms with Crippen molar-refractivity contribution >= 4 is 0 Å². The molecule has 0 aromatic heterocycles. The standard InChI is InChI=1S/C21H37N/c1-4-19-14-11-15-20(16-19)13-10-8-6-7-9-12-18(3)21(5-2)17-22/h12,19-21H,4-11,13-16H2,1-3H3/b18-12+. The monoisotopic (exact) mass is 303 g/mol. The second-order valence-electron chi connectivity index (χ2n) is 7.34. The molecule has 1 aliphatic carbocycles. The van der Waals surface area contributed by atoms with Gasteiger partial charge in [-0.2, -0.15) is 5.26 Å². The fourth-order valence-corrected chi connectivity index (χ4v) is 3.95. The highest BCUT2D eigenvalue weighted by molar-refractivity contribution is 5.11. The molecule has 0 radical (unpaired) electrons. The van der Waals surface area contributed by atoms with E-state index in [4.69, 9.17) is 5.26 Å². The number of hydrogen-bond donors (Lipinski definition) is 0. The first-order chi connectivity index (χ1) is 10.7. The summed E-state index contributed by atoms with van der Waals surface area (Å²) in [4.78, 5) is 0. The zero-order valence-corrected chi connectivity index (χ0v) is 15.2. The van der Waals surface area contributed by atoms with Crippen LogP contribution < -0.4 is 0 Å². The third-order valence-electron chi connectivity index (χ3n) is 5.62. The molecular weight excluding hydrogens is 266 g/mol. The number of nitriles is 1. The topological polar surface area (TPSA) is 23.8 Å². The molecule has 126 valence electrons. The maximum atomic E-state index is 9.04. The minimum atomic E-state index is 0.137. The Morgan fingerprint density at radius 3 is 2.55 bits per heavy atom. The van der Waals surface area contributed by atoms with Gasteiger partial charge in [-0.1, -0.05) is 76.9 Å². The van der Waals surface area contributed by atoms with Crippen molar-refractivity contribution in [1.29, 1.82) is 5.26 Å². The van der Waals surface area contributed by atoms with Gasteiger partial charge in [0.05, 0.1) is 12.0 Å². The second-order valence-corrected chi connectivity index (χ2v) is 7.34. The number of rotatable bonds is 10. The van der Waals surface area contributed by atoms with Crippen molar-refractivity contribution in [1.82, 2.24) is 0 Å². The van der Waals surface area contributed by atoms with Crippen LogP contribution >= 0.6 is 0 Å². The summed E-state index contributed by atoms with van der Waals surface area (Å²) in [6.07, 6.45) is 18.7. The molecule has 0 N–H and O–H groups in total. The molecule has 0 spiro atoms. The zero-order chi connectivity index (χ0) is 16.2. The average molecular weight is 304 g/mol. The van der Waals surface area contributed by atoms with Crippen molar-refractivity contribution in [3.8, 4) is 6.07 Å². The number of nitrogens with zero attached hydrogens (tertiary/aromatic N) is 1. The molecule has 0 heterocycles. The van der Waals surface area contributed by atoms with Gasteiger partial charge in [0, 0.05) is 0 Å². The van der Waals surface area contributed by atoms with Gasteiger partial charge in [-0.25, -0.2) is 0 Å². The highest BCUT2D eigenvalue weighted by Crippen LogP contribution is 2.33. The van der Waals surface area contributed by atoms with Gasteiger partial charge in [0.1, 0.15) is 0 Å². The lowest BCUT2D eigenvalue weighted by Crippen LogP contribution is -2.14. The lowest BCUT2D eigenvalue weighted by Gasteiger charge is -2.28. The van der Waals surface area contributed by atoms with Crippen molar-refractivity contribution in [3.05, 3.63) is 11.6 Å². The molecule has 3 atom stereocenters. The molecule has 1 heteroatoms. The Morgan fingerprint density at radius 2 is 1.86 bits per heavy atom. The van der Waals surface area contributed by atoms with Gasteiger partial charge in [-0.3, -0.25) is 0 Å². The van der Waals surface area contributed by atoms with Gasteiger partial charge < -0.3 is 0 Å². The number of hydrogen-bond acceptors (Lipinski definition) is 1. The molecule has 1 fully saturated rings. The maximum Gasteiger partial charge on any atom is 0.0700 e. The van der Waals surface area contributed by atoms with Gasteiger partial charge in [0.25, 0.3) is 0 Å². The Kier molecular flexibility index (Phi) is 10.3. The summed E-state index contributed by atoms with van der Waals surface area (Å²) >= 11 is 0. The van der Waals surface area contributed by atoms with Crippen LogP contribution in [0.4, 0.5) is 0 Å². The van der Waals surface area contributed by atoms with Crippen LogP contribution in [0.3, 0.4) is 0 Å². The summed E-state index contributed by atoms with van der Waals surface area (Å²) in [6, 6.07) is 2.39. The normalized spacial score (nSPS) is 24.0.